The highest BCUT2D eigenvalue weighted by molar-refractivity contribution is 8.00. The molecule has 18 heavy (non-hydrogen) atoms. The van der Waals surface area contributed by atoms with E-state index >= 15 is 0 Å². The zero-order valence-corrected chi connectivity index (χ0v) is 10.3. The summed E-state index contributed by atoms with van der Waals surface area (Å²) in [6.07, 6.45) is 0. The van der Waals surface area contributed by atoms with Gasteiger partial charge in [0.2, 0.25) is 11.1 Å². The minimum Gasteiger partial charge on any atom is -0.369 e. The van der Waals surface area contributed by atoms with Gasteiger partial charge in [-0.25, -0.2) is 4.39 Å². The Morgan fingerprint density at radius 3 is 3.00 bits per heavy atom. The highest BCUT2D eigenvalue weighted by atomic mass is 32.2. The molecule has 1 amide bonds. The van der Waals surface area contributed by atoms with Gasteiger partial charge in [-0.1, -0.05) is 17.8 Å². The Labute approximate surface area is 106 Å². The van der Waals surface area contributed by atoms with E-state index in [1.54, 1.807) is 19.1 Å². The molecule has 0 bridgehead atoms. The van der Waals surface area contributed by atoms with Crippen molar-refractivity contribution < 1.29 is 9.18 Å². The third-order valence-electron chi connectivity index (χ3n) is 2.18. The van der Waals surface area contributed by atoms with Crippen molar-refractivity contribution in [1.29, 1.82) is 0 Å². The van der Waals surface area contributed by atoms with Gasteiger partial charge < -0.3 is 5.73 Å². The monoisotopic (exact) mass is 267 g/mol. The Morgan fingerprint density at radius 1 is 1.56 bits per heavy atom. The van der Waals surface area contributed by atoms with Crippen LogP contribution in [0.3, 0.4) is 0 Å². The third-order valence-corrected chi connectivity index (χ3v) is 3.23. The quantitative estimate of drug-likeness (QED) is 0.827. The lowest BCUT2D eigenvalue weighted by Crippen LogP contribution is -2.23. The molecule has 2 aromatic rings. The van der Waals surface area contributed by atoms with Gasteiger partial charge in [-0.05, 0) is 35.5 Å². The maximum Gasteiger partial charge on any atom is 0.230 e. The van der Waals surface area contributed by atoms with Gasteiger partial charge in [0.15, 0.2) is 0 Å². The predicted octanol–water partition coefficient (Wildman–Crippen LogP) is 0.767. The molecule has 1 atom stereocenters. The summed E-state index contributed by atoms with van der Waals surface area (Å²) in [5, 5.41) is 11.0. The number of hydrogen-bond acceptors (Lipinski definition) is 5. The van der Waals surface area contributed by atoms with Crippen molar-refractivity contribution in [3.05, 3.63) is 30.1 Å². The summed E-state index contributed by atoms with van der Waals surface area (Å²) in [6, 6.07) is 5.85. The number of nitrogens with zero attached hydrogens (tertiary/aromatic N) is 4. The molecule has 0 aliphatic heterocycles. The summed E-state index contributed by atoms with van der Waals surface area (Å²) in [6.45, 7) is 1.65. The van der Waals surface area contributed by atoms with Gasteiger partial charge >= 0.3 is 0 Å². The zero-order valence-electron chi connectivity index (χ0n) is 9.45. The minimum atomic E-state index is -0.469. The lowest BCUT2D eigenvalue weighted by atomic mass is 10.3. The number of hydrogen-bond donors (Lipinski definition) is 1. The van der Waals surface area contributed by atoms with E-state index in [1.807, 2.05) is 0 Å². The summed E-state index contributed by atoms with van der Waals surface area (Å²) in [4.78, 5) is 11.0. The summed E-state index contributed by atoms with van der Waals surface area (Å²) >= 11 is 1.12. The second-order valence-corrected chi connectivity index (χ2v) is 4.82. The molecule has 2 rings (SSSR count). The molecule has 0 aliphatic rings. The van der Waals surface area contributed by atoms with Crippen molar-refractivity contribution in [3.63, 3.8) is 0 Å². The Morgan fingerprint density at radius 2 is 2.33 bits per heavy atom. The third kappa shape index (κ3) is 2.65. The van der Waals surface area contributed by atoms with Gasteiger partial charge in [0.05, 0.1) is 10.9 Å². The molecule has 1 unspecified atom stereocenters. The molecule has 0 fully saturated rings. The smallest absolute Gasteiger partial charge is 0.230 e. The van der Waals surface area contributed by atoms with Crippen LogP contribution >= 0.6 is 11.8 Å². The Balaban J connectivity index is 2.30. The first-order chi connectivity index (χ1) is 8.58. The number of benzene rings is 1. The molecule has 0 radical (unpaired) electrons. The maximum absolute atomic E-state index is 13.1. The molecular formula is C10H10FN5OS. The number of nitrogens with two attached hydrogens (primary N) is 1. The predicted molar refractivity (Wildman–Crippen MR) is 63.6 cm³/mol. The fourth-order valence-corrected chi connectivity index (χ4v) is 2.00. The lowest BCUT2D eigenvalue weighted by Gasteiger charge is -2.07. The van der Waals surface area contributed by atoms with Crippen LogP contribution in [-0.2, 0) is 4.79 Å². The van der Waals surface area contributed by atoms with E-state index < -0.39 is 11.2 Å². The Hall–Kier alpha value is -1.96. The van der Waals surface area contributed by atoms with E-state index in [0.29, 0.717) is 10.8 Å². The van der Waals surface area contributed by atoms with Crippen LogP contribution < -0.4 is 5.73 Å². The number of carbonyl (C=O) groups excluding carboxylic acids is 1. The molecule has 0 saturated heterocycles. The number of rotatable bonds is 4. The van der Waals surface area contributed by atoms with Gasteiger partial charge in [0, 0.05) is 0 Å². The van der Waals surface area contributed by atoms with Crippen LogP contribution in [0, 0.1) is 5.82 Å². The van der Waals surface area contributed by atoms with E-state index in [2.05, 4.69) is 15.5 Å². The topological polar surface area (TPSA) is 86.7 Å². The van der Waals surface area contributed by atoms with Crippen molar-refractivity contribution in [3.8, 4) is 5.69 Å². The minimum absolute atomic E-state index is 0.381. The van der Waals surface area contributed by atoms with E-state index in [1.165, 1.54) is 16.8 Å². The van der Waals surface area contributed by atoms with Crippen LogP contribution in [0.2, 0.25) is 0 Å². The molecule has 94 valence electrons. The van der Waals surface area contributed by atoms with Gasteiger partial charge in [-0.15, -0.1) is 5.10 Å². The molecule has 8 heteroatoms. The molecular weight excluding hydrogens is 257 g/mol. The van der Waals surface area contributed by atoms with Gasteiger partial charge in [-0.3, -0.25) is 4.79 Å². The van der Waals surface area contributed by atoms with Gasteiger partial charge in [0.1, 0.15) is 5.82 Å². The van der Waals surface area contributed by atoms with E-state index in [4.69, 9.17) is 5.73 Å². The first kappa shape index (κ1) is 12.5. The highest BCUT2D eigenvalue weighted by Gasteiger charge is 2.16. The van der Waals surface area contributed by atoms with E-state index in [-0.39, 0.29) is 5.82 Å². The van der Waals surface area contributed by atoms with Crippen LogP contribution in [0.15, 0.2) is 29.4 Å². The van der Waals surface area contributed by atoms with Crippen LogP contribution in [0.4, 0.5) is 4.39 Å². The first-order valence-corrected chi connectivity index (χ1v) is 5.96. The van der Waals surface area contributed by atoms with Crippen LogP contribution in [0.25, 0.3) is 5.69 Å². The number of primary amides is 1. The van der Waals surface area contributed by atoms with Crippen molar-refractivity contribution >= 4 is 17.7 Å². The van der Waals surface area contributed by atoms with Crippen LogP contribution in [0.1, 0.15) is 6.92 Å². The van der Waals surface area contributed by atoms with E-state index in [9.17, 15) is 9.18 Å². The average Bonchev–Trinajstić information content (AvgIpc) is 2.77. The standard InChI is InChI=1S/C10H10FN5OS/c1-6(9(12)17)18-10-13-14-15-16(10)8-4-2-3-7(11)5-8/h2-6H,1H3,(H2,12,17). The van der Waals surface area contributed by atoms with E-state index in [0.717, 1.165) is 11.8 Å². The van der Waals surface area contributed by atoms with Crippen molar-refractivity contribution in [2.45, 2.75) is 17.3 Å². The number of aromatic nitrogens is 4. The van der Waals surface area contributed by atoms with Gasteiger partial charge in [-0.2, -0.15) is 4.68 Å². The normalized spacial score (nSPS) is 12.3. The fraction of sp³-hybridized carbons (Fsp3) is 0.200. The molecule has 1 aromatic carbocycles. The molecule has 0 aliphatic carbocycles. The average molecular weight is 267 g/mol. The highest BCUT2D eigenvalue weighted by Crippen LogP contribution is 2.22. The maximum atomic E-state index is 13.1. The number of thioether (sulfide) groups is 1. The van der Waals surface area contributed by atoms with Gasteiger partial charge in [0.25, 0.3) is 0 Å². The second kappa shape index (κ2) is 5.13. The summed E-state index contributed by atoms with van der Waals surface area (Å²) < 4.78 is 14.5. The number of carbonyl (C=O) groups is 1. The summed E-state index contributed by atoms with van der Waals surface area (Å²) in [7, 11) is 0. The molecule has 1 aromatic heterocycles. The lowest BCUT2D eigenvalue weighted by molar-refractivity contribution is -0.117. The Bertz CT molecular complexity index is 573. The first-order valence-electron chi connectivity index (χ1n) is 5.08. The van der Waals surface area contributed by atoms with Crippen LogP contribution in [-0.4, -0.2) is 31.4 Å². The van der Waals surface area contributed by atoms with Crippen LogP contribution in [0.5, 0.6) is 0 Å². The molecule has 6 nitrogen and oxygen atoms in total. The summed E-state index contributed by atoms with van der Waals surface area (Å²) in [5.41, 5.74) is 5.65. The van der Waals surface area contributed by atoms with Crippen molar-refractivity contribution in [2.75, 3.05) is 0 Å². The molecule has 2 N–H and O–H groups in total. The second-order valence-electron chi connectivity index (χ2n) is 3.52. The van der Waals surface area contributed by atoms with Crippen molar-refractivity contribution in [1.82, 2.24) is 20.2 Å². The zero-order chi connectivity index (χ0) is 13.1. The number of tetrazole rings is 1. The summed E-state index contributed by atoms with van der Waals surface area (Å²) in [5.74, 6) is -0.851. The largest absolute Gasteiger partial charge is 0.369 e. The number of amides is 1. The fourth-order valence-electron chi connectivity index (χ4n) is 1.24. The molecule has 0 saturated carbocycles. The molecule has 1 heterocycles. The SMILES string of the molecule is CC(Sc1nnnn1-c1cccc(F)c1)C(N)=O. The number of halogens is 1. The Kier molecular flexibility index (Phi) is 3.56. The van der Waals surface area contributed by atoms with Crippen molar-refractivity contribution in [2.24, 2.45) is 5.73 Å². The molecule has 0 spiro atoms.